The van der Waals surface area contributed by atoms with Crippen LogP contribution >= 0.6 is 27.3 Å². The Morgan fingerprint density at radius 2 is 2.10 bits per heavy atom. The van der Waals surface area contributed by atoms with E-state index in [9.17, 15) is 10.1 Å². The molecular weight excluding hydrogens is 356 g/mol. The third-order valence-corrected chi connectivity index (χ3v) is 5.35. The van der Waals surface area contributed by atoms with Gasteiger partial charge in [-0.1, -0.05) is 0 Å². The van der Waals surface area contributed by atoms with Crippen LogP contribution in [-0.4, -0.2) is 14.9 Å². The zero-order valence-corrected chi connectivity index (χ0v) is 14.5. The molecule has 0 aromatic carbocycles. The number of nitro groups is 1. The first-order chi connectivity index (χ1) is 9.81. The molecule has 0 fully saturated rings. The molecule has 0 saturated heterocycles. The van der Waals surface area contributed by atoms with E-state index in [0.717, 1.165) is 15.6 Å². The summed E-state index contributed by atoms with van der Waals surface area (Å²) in [7, 11) is 0. The molecule has 1 atom stereocenters. The molecule has 2 aromatic heterocycles. The van der Waals surface area contributed by atoms with Crippen LogP contribution in [0.15, 0.2) is 10.7 Å². The number of thiazole rings is 1. The highest BCUT2D eigenvalue weighted by Gasteiger charge is 2.20. The van der Waals surface area contributed by atoms with E-state index in [0.29, 0.717) is 15.9 Å². The molecule has 0 bridgehead atoms. The van der Waals surface area contributed by atoms with Gasteiger partial charge in [0.15, 0.2) is 0 Å². The van der Waals surface area contributed by atoms with Gasteiger partial charge in [0.2, 0.25) is 0 Å². The van der Waals surface area contributed by atoms with E-state index in [1.165, 1.54) is 6.20 Å². The van der Waals surface area contributed by atoms with Crippen molar-refractivity contribution in [2.24, 2.45) is 0 Å². The molecule has 2 heterocycles. The van der Waals surface area contributed by atoms with Crippen molar-refractivity contribution in [3.8, 4) is 0 Å². The van der Waals surface area contributed by atoms with Gasteiger partial charge in [-0.05, 0) is 43.6 Å². The zero-order chi connectivity index (χ0) is 15.7. The standard InChI is InChI=1S/C13H15BrN4O2S/c1-6-10(18(19)20)5-15-13(11(6)14)17-8(3)12-7(2)16-9(4)21-12/h5,8H,1-4H3,(H,15,17). The van der Waals surface area contributed by atoms with Gasteiger partial charge in [-0.2, -0.15) is 0 Å². The molecule has 0 spiro atoms. The first-order valence-electron chi connectivity index (χ1n) is 6.31. The van der Waals surface area contributed by atoms with Crippen molar-refractivity contribution in [1.29, 1.82) is 0 Å². The molecular formula is C13H15BrN4O2S. The highest BCUT2D eigenvalue weighted by Crippen LogP contribution is 2.34. The van der Waals surface area contributed by atoms with Crippen LogP contribution < -0.4 is 5.32 Å². The van der Waals surface area contributed by atoms with Crippen LogP contribution in [0.1, 0.15) is 34.1 Å². The predicted octanol–water partition coefficient (Wildman–Crippen LogP) is 4.31. The van der Waals surface area contributed by atoms with Gasteiger partial charge >= 0.3 is 0 Å². The van der Waals surface area contributed by atoms with E-state index in [4.69, 9.17) is 0 Å². The number of halogens is 1. The van der Waals surface area contributed by atoms with Gasteiger partial charge in [0.1, 0.15) is 12.0 Å². The number of pyridine rings is 1. The predicted molar refractivity (Wildman–Crippen MR) is 87.0 cm³/mol. The van der Waals surface area contributed by atoms with E-state index < -0.39 is 4.92 Å². The molecule has 8 heteroatoms. The fourth-order valence-corrected chi connectivity index (χ4v) is 3.42. The quantitative estimate of drug-likeness (QED) is 0.640. The SMILES string of the molecule is Cc1nc(C)c(C(C)Nc2ncc([N+](=O)[O-])c(C)c2Br)s1. The van der Waals surface area contributed by atoms with Crippen molar-refractivity contribution < 1.29 is 4.92 Å². The normalized spacial score (nSPS) is 12.2. The monoisotopic (exact) mass is 370 g/mol. The molecule has 1 unspecified atom stereocenters. The maximum atomic E-state index is 10.9. The number of nitrogens with zero attached hydrogens (tertiary/aromatic N) is 3. The van der Waals surface area contributed by atoms with Crippen LogP contribution in [-0.2, 0) is 0 Å². The number of rotatable bonds is 4. The first-order valence-corrected chi connectivity index (χ1v) is 7.92. The van der Waals surface area contributed by atoms with Crippen molar-refractivity contribution in [2.75, 3.05) is 5.32 Å². The van der Waals surface area contributed by atoms with E-state index in [-0.39, 0.29) is 11.7 Å². The number of aryl methyl sites for hydroxylation is 2. The third kappa shape index (κ3) is 3.21. The van der Waals surface area contributed by atoms with E-state index in [1.54, 1.807) is 18.3 Å². The molecule has 1 N–H and O–H groups in total. The van der Waals surface area contributed by atoms with Gasteiger partial charge in [0.25, 0.3) is 5.69 Å². The van der Waals surface area contributed by atoms with Crippen molar-refractivity contribution in [3.63, 3.8) is 0 Å². The number of anilines is 1. The van der Waals surface area contributed by atoms with Crippen LogP contribution in [0, 0.1) is 30.9 Å². The Morgan fingerprint density at radius 3 is 2.62 bits per heavy atom. The van der Waals surface area contributed by atoms with Crippen molar-refractivity contribution in [1.82, 2.24) is 9.97 Å². The van der Waals surface area contributed by atoms with Crippen LogP contribution in [0.4, 0.5) is 11.5 Å². The smallest absolute Gasteiger partial charge is 0.291 e. The minimum absolute atomic E-state index is 0.00453. The number of aromatic nitrogens is 2. The number of hydrogen-bond donors (Lipinski definition) is 1. The third-order valence-electron chi connectivity index (χ3n) is 3.12. The summed E-state index contributed by atoms with van der Waals surface area (Å²) in [6.45, 7) is 7.66. The van der Waals surface area contributed by atoms with Crippen LogP contribution in [0.25, 0.3) is 0 Å². The second kappa shape index (κ2) is 6.07. The molecule has 21 heavy (non-hydrogen) atoms. The highest BCUT2D eigenvalue weighted by atomic mass is 79.9. The van der Waals surface area contributed by atoms with Gasteiger partial charge < -0.3 is 5.32 Å². The summed E-state index contributed by atoms with van der Waals surface area (Å²) in [5, 5.41) is 15.2. The summed E-state index contributed by atoms with van der Waals surface area (Å²) < 4.78 is 0.613. The van der Waals surface area contributed by atoms with Gasteiger partial charge in [0.05, 0.1) is 26.1 Å². The minimum atomic E-state index is -0.434. The summed E-state index contributed by atoms with van der Waals surface area (Å²) in [5.41, 5.74) is 1.55. The molecule has 0 aliphatic heterocycles. The molecule has 0 saturated carbocycles. The highest BCUT2D eigenvalue weighted by molar-refractivity contribution is 9.10. The maximum Gasteiger partial charge on any atom is 0.291 e. The van der Waals surface area contributed by atoms with Crippen LogP contribution in [0.5, 0.6) is 0 Å². The zero-order valence-electron chi connectivity index (χ0n) is 12.1. The molecule has 0 aliphatic rings. The maximum absolute atomic E-state index is 10.9. The number of hydrogen-bond acceptors (Lipinski definition) is 6. The molecule has 0 aliphatic carbocycles. The second-order valence-electron chi connectivity index (χ2n) is 4.74. The summed E-state index contributed by atoms with van der Waals surface area (Å²) in [4.78, 5) is 20.2. The van der Waals surface area contributed by atoms with Crippen molar-refractivity contribution >= 4 is 38.8 Å². The molecule has 2 rings (SSSR count). The first kappa shape index (κ1) is 15.8. The fourth-order valence-electron chi connectivity index (χ4n) is 2.07. The largest absolute Gasteiger partial charge is 0.362 e. The van der Waals surface area contributed by atoms with Gasteiger partial charge in [-0.25, -0.2) is 9.97 Å². The number of nitrogens with one attached hydrogen (secondary N) is 1. The Bertz CT molecular complexity index is 702. The molecule has 0 radical (unpaired) electrons. The second-order valence-corrected chi connectivity index (χ2v) is 6.76. The minimum Gasteiger partial charge on any atom is -0.362 e. The molecule has 0 amide bonds. The molecule has 112 valence electrons. The van der Waals surface area contributed by atoms with Gasteiger partial charge in [-0.3, -0.25) is 10.1 Å². The van der Waals surface area contributed by atoms with E-state index in [2.05, 4.69) is 31.2 Å². The molecule has 6 nitrogen and oxygen atoms in total. The van der Waals surface area contributed by atoms with E-state index >= 15 is 0 Å². The lowest BCUT2D eigenvalue weighted by atomic mass is 10.2. The average Bonchev–Trinajstić information content (AvgIpc) is 2.74. The van der Waals surface area contributed by atoms with Gasteiger partial charge in [-0.15, -0.1) is 11.3 Å². The summed E-state index contributed by atoms with van der Waals surface area (Å²) in [5.74, 6) is 0.594. The topological polar surface area (TPSA) is 81.0 Å². The summed E-state index contributed by atoms with van der Waals surface area (Å²) in [6, 6.07) is 0.0286. The Hall–Kier alpha value is -1.54. The molecule has 2 aromatic rings. The summed E-state index contributed by atoms with van der Waals surface area (Å²) in [6.07, 6.45) is 1.28. The lowest BCUT2D eigenvalue weighted by Gasteiger charge is -2.15. The van der Waals surface area contributed by atoms with Crippen molar-refractivity contribution in [2.45, 2.75) is 33.7 Å². The van der Waals surface area contributed by atoms with Crippen LogP contribution in [0.3, 0.4) is 0 Å². The Kier molecular flexibility index (Phi) is 4.58. The Labute approximate surface area is 134 Å². The van der Waals surface area contributed by atoms with Crippen molar-refractivity contribution in [3.05, 3.63) is 41.9 Å². The van der Waals surface area contributed by atoms with Gasteiger partial charge in [0, 0.05) is 10.4 Å². The lowest BCUT2D eigenvalue weighted by molar-refractivity contribution is -0.385. The van der Waals surface area contributed by atoms with Crippen LogP contribution in [0.2, 0.25) is 0 Å². The lowest BCUT2D eigenvalue weighted by Crippen LogP contribution is -2.09. The average molecular weight is 371 g/mol. The Balaban J connectivity index is 2.30. The van der Waals surface area contributed by atoms with E-state index in [1.807, 2.05) is 20.8 Å². The fraction of sp³-hybridized carbons (Fsp3) is 0.385. The Morgan fingerprint density at radius 1 is 1.43 bits per heavy atom. The summed E-state index contributed by atoms with van der Waals surface area (Å²) >= 11 is 5.02.